The van der Waals surface area contributed by atoms with Crippen LogP contribution < -0.4 is 0 Å². The summed E-state index contributed by atoms with van der Waals surface area (Å²) < 4.78 is 10.0. The van der Waals surface area contributed by atoms with E-state index < -0.39 is 0 Å². The van der Waals surface area contributed by atoms with Crippen LogP contribution in [-0.2, 0) is 19.1 Å². The Morgan fingerprint density at radius 3 is 1.62 bits per heavy atom. The molecule has 1 rings (SSSR count). The van der Waals surface area contributed by atoms with Crippen molar-refractivity contribution in [3.05, 3.63) is 12.2 Å². The minimum atomic E-state index is -0.235. The lowest BCUT2D eigenvalue weighted by atomic mass is 10.2. The van der Waals surface area contributed by atoms with E-state index in [1.54, 1.807) is 12.2 Å². The molecule has 0 saturated heterocycles. The molecule has 0 aromatic carbocycles. The Kier molecular flexibility index (Phi) is 6.30. The van der Waals surface area contributed by atoms with E-state index in [1.165, 1.54) is 0 Å². The third-order valence-electron chi connectivity index (χ3n) is 2.30. The molecule has 16 heavy (non-hydrogen) atoms. The fourth-order valence-electron chi connectivity index (χ4n) is 1.41. The van der Waals surface area contributed by atoms with Gasteiger partial charge in [-0.25, -0.2) is 0 Å². The van der Waals surface area contributed by atoms with Crippen molar-refractivity contribution in [2.45, 2.75) is 38.5 Å². The number of cyclic esters (lactones) is 2. The second kappa shape index (κ2) is 7.91. The van der Waals surface area contributed by atoms with E-state index in [1.807, 2.05) is 0 Å². The summed E-state index contributed by atoms with van der Waals surface area (Å²) >= 11 is 0. The Morgan fingerprint density at radius 2 is 1.19 bits per heavy atom. The highest BCUT2D eigenvalue weighted by Crippen LogP contribution is 2.03. The zero-order valence-corrected chi connectivity index (χ0v) is 9.44. The molecule has 4 nitrogen and oxygen atoms in total. The van der Waals surface area contributed by atoms with Gasteiger partial charge in [0.1, 0.15) is 0 Å². The first-order valence-corrected chi connectivity index (χ1v) is 5.75. The van der Waals surface area contributed by atoms with E-state index in [2.05, 4.69) is 0 Å². The number of carbonyl (C=O) groups excluding carboxylic acids is 2. The summed E-state index contributed by atoms with van der Waals surface area (Å²) in [6.07, 6.45) is 7.51. The van der Waals surface area contributed by atoms with E-state index >= 15 is 0 Å². The Morgan fingerprint density at radius 1 is 0.750 bits per heavy atom. The first-order valence-electron chi connectivity index (χ1n) is 5.75. The molecule has 0 atom stereocenters. The van der Waals surface area contributed by atoms with Crippen molar-refractivity contribution < 1.29 is 19.1 Å². The number of hydrogen-bond acceptors (Lipinski definition) is 4. The molecule has 0 aromatic heterocycles. The maximum atomic E-state index is 11.1. The van der Waals surface area contributed by atoms with Gasteiger partial charge >= 0.3 is 11.9 Å². The second-order valence-electron chi connectivity index (χ2n) is 3.73. The van der Waals surface area contributed by atoms with Gasteiger partial charge in [-0.3, -0.25) is 9.59 Å². The van der Waals surface area contributed by atoms with Crippen LogP contribution in [0.5, 0.6) is 0 Å². The van der Waals surface area contributed by atoms with Gasteiger partial charge in [0.25, 0.3) is 0 Å². The molecule has 1 heterocycles. The molecule has 0 bridgehead atoms. The van der Waals surface area contributed by atoms with Crippen LogP contribution in [0.15, 0.2) is 12.2 Å². The maximum Gasteiger partial charge on any atom is 0.309 e. The van der Waals surface area contributed by atoms with Crippen molar-refractivity contribution >= 4 is 11.9 Å². The van der Waals surface area contributed by atoms with Gasteiger partial charge in [0.2, 0.25) is 0 Å². The van der Waals surface area contributed by atoms with E-state index in [0.717, 1.165) is 25.7 Å². The first kappa shape index (κ1) is 12.7. The van der Waals surface area contributed by atoms with Crippen molar-refractivity contribution in [3.63, 3.8) is 0 Å². The van der Waals surface area contributed by atoms with Crippen LogP contribution >= 0.6 is 0 Å². The molecule has 0 aliphatic carbocycles. The third-order valence-corrected chi connectivity index (χ3v) is 2.30. The predicted octanol–water partition coefficient (Wildman–Crippen LogP) is 1.98. The van der Waals surface area contributed by atoms with E-state index in [4.69, 9.17) is 9.47 Å². The number of hydrogen-bond donors (Lipinski definition) is 0. The quantitative estimate of drug-likeness (QED) is 0.468. The Labute approximate surface area is 95.6 Å². The highest BCUT2D eigenvalue weighted by molar-refractivity contribution is 5.73. The average molecular weight is 226 g/mol. The molecule has 0 aromatic rings. The molecule has 0 saturated carbocycles. The minimum absolute atomic E-state index is 0.229. The molecule has 90 valence electrons. The highest BCUT2D eigenvalue weighted by Gasteiger charge is 2.03. The molecule has 0 fully saturated rings. The van der Waals surface area contributed by atoms with Crippen LogP contribution in [0.2, 0.25) is 0 Å². The molecule has 0 N–H and O–H groups in total. The van der Waals surface area contributed by atoms with Gasteiger partial charge in [0, 0.05) is 0 Å². The third kappa shape index (κ3) is 6.22. The molecule has 1 aliphatic heterocycles. The molecule has 0 unspecified atom stereocenters. The Balaban J connectivity index is 2.34. The van der Waals surface area contributed by atoms with Crippen molar-refractivity contribution in [2.75, 3.05) is 13.2 Å². The van der Waals surface area contributed by atoms with Gasteiger partial charge in [0.05, 0.1) is 26.1 Å². The Bertz CT molecular complexity index is 232. The zero-order chi connectivity index (χ0) is 11.6. The lowest BCUT2D eigenvalue weighted by Crippen LogP contribution is -2.07. The number of carbonyl (C=O) groups is 2. The van der Waals surface area contributed by atoms with Gasteiger partial charge < -0.3 is 9.47 Å². The molecular formula is C12H18O4. The lowest BCUT2D eigenvalue weighted by Gasteiger charge is -2.05. The summed E-state index contributed by atoms with van der Waals surface area (Å²) in [4.78, 5) is 22.3. The smallest absolute Gasteiger partial charge is 0.309 e. The predicted molar refractivity (Wildman–Crippen MR) is 58.8 cm³/mol. The van der Waals surface area contributed by atoms with Gasteiger partial charge in [0.15, 0.2) is 0 Å². The lowest BCUT2D eigenvalue weighted by molar-refractivity contribution is -0.144. The van der Waals surface area contributed by atoms with E-state index in [0.29, 0.717) is 13.2 Å². The van der Waals surface area contributed by atoms with Crippen molar-refractivity contribution in [1.82, 2.24) is 0 Å². The van der Waals surface area contributed by atoms with Gasteiger partial charge in [-0.2, -0.15) is 0 Å². The summed E-state index contributed by atoms with van der Waals surface area (Å²) in [6.45, 7) is 0.985. The average Bonchev–Trinajstić information content (AvgIpc) is 2.27. The molecule has 0 spiro atoms. The molecule has 4 heteroatoms. The number of esters is 2. The van der Waals surface area contributed by atoms with Crippen molar-refractivity contribution in [1.29, 1.82) is 0 Å². The topological polar surface area (TPSA) is 52.6 Å². The fourth-order valence-corrected chi connectivity index (χ4v) is 1.41. The van der Waals surface area contributed by atoms with Gasteiger partial charge in [-0.15, -0.1) is 0 Å². The standard InChI is InChI=1S/C12H18O4/c13-11-7-3-4-8-12(14)16-10-6-2-1-5-9-15-11/h3-4H,1-2,5-10H2/b4-3+. The first-order chi connectivity index (χ1) is 7.79. The largest absolute Gasteiger partial charge is 0.465 e. The minimum Gasteiger partial charge on any atom is -0.465 e. The zero-order valence-electron chi connectivity index (χ0n) is 9.44. The molecular weight excluding hydrogens is 208 g/mol. The van der Waals surface area contributed by atoms with Gasteiger partial charge in [-0.05, 0) is 25.7 Å². The second-order valence-corrected chi connectivity index (χ2v) is 3.73. The van der Waals surface area contributed by atoms with Crippen LogP contribution in [0.3, 0.4) is 0 Å². The fraction of sp³-hybridized carbons (Fsp3) is 0.667. The molecule has 1 aliphatic rings. The summed E-state index contributed by atoms with van der Waals surface area (Å²) in [7, 11) is 0. The van der Waals surface area contributed by atoms with Crippen LogP contribution in [0, 0.1) is 0 Å². The number of ether oxygens (including phenoxy) is 2. The van der Waals surface area contributed by atoms with E-state index in [9.17, 15) is 9.59 Å². The van der Waals surface area contributed by atoms with Crippen molar-refractivity contribution in [3.8, 4) is 0 Å². The summed E-state index contributed by atoms with van der Waals surface area (Å²) in [5.41, 5.74) is 0. The van der Waals surface area contributed by atoms with Crippen LogP contribution in [0.4, 0.5) is 0 Å². The molecule has 0 amide bonds. The Hall–Kier alpha value is -1.32. The maximum absolute atomic E-state index is 11.1. The number of rotatable bonds is 0. The van der Waals surface area contributed by atoms with Crippen LogP contribution in [0.25, 0.3) is 0 Å². The summed E-state index contributed by atoms with van der Waals surface area (Å²) in [5, 5.41) is 0. The van der Waals surface area contributed by atoms with Gasteiger partial charge in [-0.1, -0.05) is 12.2 Å². The normalized spacial score (nSPS) is 22.8. The summed E-state index contributed by atoms with van der Waals surface area (Å²) in [5.74, 6) is -0.469. The van der Waals surface area contributed by atoms with E-state index in [-0.39, 0.29) is 24.8 Å². The van der Waals surface area contributed by atoms with Crippen LogP contribution in [-0.4, -0.2) is 25.2 Å². The highest BCUT2D eigenvalue weighted by atomic mass is 16.5. The van der Waals surface area contributed by atoms with Crippen LogP contribution in [0.1, 0.15) is 38.5 Å². The monoisotopic (exact) mass is 226 g/mol. The summed E-state index contributed by atoms with van der Waals surface area (Å²) in [6, 6.07) is 0. The molecule has 0 radical (unpaired) electrons. The van der Waals surface area contributed by atoms with Crippen molar-refractivity contribution in [2.24, 2.45) is 0 Å². The SMILES string of the molecule is O=C1C/C=C/CC(=O)OCCCCCCO1.